The average molecular weight is 325 g/mol. The Morgan fingerprint density at radius 1 is 0.958 bits per heavy atom. The van der Waals surface area contributed by atoms with Gasteiger partial charge in [-0.05, 0) is 42.5 Å². The Kier molecular flexibility index (Phi) is 6.13. The van der Waals surface area contributed by atoms with E-state index in [0.717, 1.165) is 35.2 Å². The van der Waals surface area contributed by atoms with E-state index < -0.39 is 5.97 Å². The first kappa shape index (κ1) is 17.7. The van der Waals surface area contributed by atoms with Gasteiger partial charge in [-0.25, -0.2) is 4.79 Å². The molecule has 0 atom stereocenters. The minimum atomic E-state index is -0.484. The van der Waals surface area contributed by atoms with Crippen LogP contribution in [0.15, 0.2) is 42.5 Å². The summed E-state index contributed by atoms with van der Waals surface area (Å²) in [6, 6.07) is 13.1. The van der Waals surface area contributed by atoms with Gasteiger partial charge in [-0.2, -0.15) is 0 Å². The zero-order chi connectivity index (χ0) is 17.5. The number of anilines is 1. The van der Waals surface area contributed by atoms with Crippen LogP contribution in [-0.2, 0) is 22.4 Å². The predicted molar refractivity (Wildman–Crippen MR) is 95.3 cm³/mol. The molecule has 0 bridgehead atoms. The third-order valence-electron chi connectivity index (χ3n) is 3.96. The molecule has 24 heavy (non-hydrogen) atoms. The maximum absolute atomic E-state index is 12.2. The zero-order valence-corrected chi connectivity index (χ0v) is 14.4. The van der Waals surface area contributed by atoms with Crippen LogP contribution >= 0.6 is 0 Å². The zero-order valence-electron chi connectivity index (χ0n) is 14.4. The normalized spacial score (nSPS) is 10.3. The molecule has 2 rings (SSSR count). The average Bonchev–Trinajstić information content (AvgIpc) is 2.60. The lowest BCUT2D eigenvalue weighted by Crippen LogP contribution is -2.22. The fraction of sp³-hybridized carbons (Fsp3) is 0.300. The molecule has 0 saturated carbocycles. The lowest BCUT2D eigenvalue weighted by Gasteiger charge is -2.14. The van der Waals surface area contributed by atoms with E-state index in [1.807, 2.05) is 51.1 Å². The summed E-state index contributed by atoms with van der Waals surface area (Å²) in [6.07, 6.45) is 1.65. The number of aryl methyl sites for hydroxylation is 3. The summed E-state index contributed by atoms with van der Waals surface area (Å²) in [5.74, 6) is -0.810. The Balaban J connectivity index is 2.02. The van der Waals surface area contributed by atoms with Crippen LogP contribution in [0.5, 0.6) is 0 Å². The van der Waals surface area contributed by atoms with Crippen molar-refractivity contribution in [2.45, 2.75) is 33.6 Å². The first-order valence-electron chi connectivity index (χ1n) is 8.20. The molecule has 0 saturated heterocycles. The molecular weight excluding hydrogens is 302 g/mol. The molecule has 4 nitrogen and oxygen atoms in total. The summed E-state index contributed by atoms with van der Waals surface area (Å²) >= 11 is 0. The number of para-hydroxylation sites is 1. The quantitative estimate of drug-likeness (QED) is 0.819. The first-order valence-corrected chi connectivity index (χ1v) is 8.20. The van der Waals surface area contributed by atoms with Crippen molar-refractivity contribution in [1.82, 2.24) is 0 Å². The second-order valence-electron chi connectivity index (χ2n) is 5.60. The van der Waals surface area contributed by atoms with E-state index in [9.17, 15) is 9.59 Å². The summed E-state index contributed by atoms with van der Waals surface area (Å²) in [4.78, 5) is 24.2. The number of benzene rings is 2. The van der Waals surface area contributed by atoms with E-state index >= 15 is 0 Å². The minimum Gasteiger partial charge on any atom is -0.452 e. The molecule has 1 N–H and O–H groups in total. The van der Waals surface area contributed by atoms with Gasteiger partial charge >= 0.3 is 5.97 Å². The van der Waals surface area contributed by atoms with Gasteiger partial charge < -0.3 is 10.1 Å². The van der Waals surface area contributed by atoms with Crippen molar-refractivity contribution in [1.29, 1.82) is 0 Å². The Bertz CT molecular complexity index is 715. The second kappa shape index (κ2) is 8.29. The number of hydrogen-bond donors (Lipinski definition) is 1. The third-order valence-corrected chi connectivity index (χ3v) is 3.96. The lowest BCUT2D eigenvalue weighted by atomic mass is 10.0. The fourth-order valence-corrected chi connectivity index (χ4v) is 2.59. The van der Waals surface area contributed by atoms with Gasteiger partial charge in [0.1, 0.15) is 0 Å². The third kappa shape index (κ3) is 4.22. The molecule has 0 spiro atoms. The van der Waals surface area contributed by atoms with E-state index in [2.05, 4.69) is 5.32 Å². The van der Waals surface area contributed by atoms with E-state index in [1.165, 1.54) is 0 Å². The number of nitrogens with one attached hydrogen (secondary N) is 1. The Morgan fingerprint density at radius 2 is 1.58 bits per heavy atom. The van der Waals surface area contributed by atoms with Gasteiger partial charge in [0.15, 0.2) is 6.61 Å². The molecule has 4 heteroatoms. The smallest absolute Gasteiger partial charge is 0.338 e. The largest absolute Gasteiger partial charge is 0.452 e. The molecule has 0 aliphatic heterocycles. The van der Waals surface area contributed by atoms with Gasteiger partial charge in [0, 0.05) is 5.69 Å². The maximum atomic E-state index is 12.2. The van der Waals surface area contributed by atoms with Crippen LogP contribution in [0.1, 0.15) is 40.9 Å². The fourth-order valence-electron chi connectivity index (χ4n) is 2.59. The van der Waals surface area contributed by atoms with Crippen molar-refractivity contribution in [3.05, 3.63) is 64.7 Å². The van der Waals surface area contributed by atoms with Gasteiger partial charge in [0.25, 0.3) is 5.91 Å². The summed E-state index contributed by atoms with van der Waals surface area (Å²) in [7, 11) is 0. The highest BCUT2D eigenvalue weighted by atomic mass is 16.5. The molecule has 0 heterocycles. The maximum Gasteiger partial charge on any atom is 0.338 e. The second-order valence-corrected chi connectivity index (χ2v) is 5.60. The van der Waals surface area contributed by atoms with Gasteiger partial charge in [-0.1, -0.05) is 50.2 Å². The van der Waals surface area contributed by atoms with Crippen LogP contribution in [0.4, 0.5) is 5.69 Å². The van der Waals surface area contributed by atoms with E-state index in [1.54, 1.807) is 12.1 Å². The lowest BCUT2D eigenvalue weighted by molar-refractivity contribution is -0.119. The van der Waals surface area contributed by atoms with E-state index in [4.69, 9.17) is 4.74 Å². The Labute approximate surface area is 142 Å². The molecule has 126 valence electrons. The molecule has 2 aromatic carbocycles. The number of carbonyl (C=O) groups excluding carboxylic acids is 2. The molecular formula is C20H23NO3. The summed E-state index contributed by atoms with van der Waals surface area (Å²) in [5.41, 5.74) is 4.29. The number of ether oxygens (including phenoxy) is 1. The minimum absolute atomic E-state index is 0.297. The number of rotatable bonds is 6. The van der Waals surface area contributed by atoms with Crippen LogP contribution in [0.2, 0.25) is 0 Å². The van der Waals surface area contributed by atoms with Gasteiger partial charge in [-0.3, -0.25) is 4.79 Å². The standard InChI is InChI=1S/C20H23NO3/c1-4-15-10-8-11-16(5-2)19(15)21-18(22)13-24-20(23)17-12-7-6-9-14(17)3/h6-12H,4-5,13H2,1-3H3,(H,21,22). The monoisotopic (exact) mass is 325 g/mol. The molecule has 0 aliphatic rings. The van der Waals surface area contributed by atoms with Gasteiger partial charge in [-0.15, -0.1) is 0 Å². The van der Waals surface area contributed by atoms with Gasteiger partial charge in [0.2, 0.25) is 0 Å². The molecule has 2 aromatic rings. The summed E-state index contributed by atoms with van der Waals surface area (Å²) < 4.78 is 5.14. The first-order chi connectivity index (χ1) is 11.6. The van der Waals surface area contributed by atoms with Crippen molar-refractivity contribution >= 4 is 17.6 Å². The predicted octanol–water partition coefficient (Wildman–Crippen LogP) is 3.92. The number of amides is 1. The molecule has 1 amide bonds. The van der Waals surface area contributed by atoms with Crippen molar-refractivity contribution < 1.29 is 14.3 Å². The number of hydrogen-bond acceptors (Lipinski definition) is 3. The van der Waals surface area contributed by atoms with Crippen LogP contribution in [0.3, 0.4) is 0 Å². The summed E-state index contributed by atoms with van der Waals surface area (Å²) in [5, 5.41) is 2.89. The molecule has 0 unspecified atom stereocenters. The van der Waals surface area contributed by atoms with Crippen LogP contribution in [-0.4, -0.2) is 18.5 Å². The van der Waals surface area contributed by atoms with Crippen molar-refractivity contribution in [2.24, 2.45) is 0 Å². The van der Waals surface area contributed by atoms with Crippen molar-refractivity contribution in [2.75, 3.05) is 11.9 Å². The van der Waals surface area contributed by atoms with Crippen LogP contribution in [0, 0.1) is 6.92 Å². The summed E-state index contributed by atoms with van der Waals surface area (Å²) in [6.45, 7) is 5.63. The highest BCUT2D eigenvalue weighted by Gasteiger charge is 2.14. The SMILES string of the molecule is CCc1cccc(CC)c1NC(=O)COC(=O)c1ccccc1C. The molecule has 0 aliphatic carbocycles. The van der Waals surface area contributed by atoms with Crippen LogP contribution < -0.4 is 5.32 Å². The Morgan fingerprint density at radius 3 is 2.17 bits per heavy atom. The highest BCUT2D eigenvalue weighted by Crippen LogP contribution is 2.22. The van der Waals surface area contributed by atoms with Gasteiger partial charge in [0.05, 0.1) is 5.56 Å². The Hall–Kier alpha value is -2.62. The van der Waals surface area contributed by atoms with E-state index in [0.29, 0.717) is 5.56 Å². The number of carbonyl (C=O) groups is 2. The molecule has 0 radical (unpaired) electrons. The van der Waals surface area contributed by atoms with E-state index in [-0.39, 0.29) is 12.5 Å². The molecule has 0 fully saturated rings. The molecule has 0 aromatic heterocycles. The highest BCUT2D eigenvalue weighted by molar-refractivity contribution is 5.96. The topological polar surface area (TPSA) is 55.4 Å². The number of esters is 1. The van der Waals surface area contributed by atoms with Crippen molar-refractivity contribution in [3.8, 4) is 0 Å². The van der Waals surface area contributed by atoms with Crippen LogP contribution in [0.25, 0.3) is 0 Å². The van der Waals surface area contributed by atoms with Crippen molar-refractivity contribution in [3.63, 3.8) is 0 Å².